The SMILES string of the molecule is C=CCn1c(=O)c2ccccc2[n+]2c(C)c(C(=O)OCC)sc12.[Cl-]. The van der Waals surface area contributed by atoms with Crippen LogP contribution in [0, 0.1) is 6.92 Å². The lowest BCUT2D eigenvalue weighted by Crippen LogP contribution is -3.00. The van der Waals surface area contributed by atoms with Crippen molar-refractivity contribution < 1.29 is 26.3 Å². The Balaban J connectivity index is 0.00000208. The summed E-state index contributed by atoms with van der Waals surface area (Å²) in [5.41, 5.74) is 1.48. The van der Waals surface area contributed by atoms with Crippen molar-refractivity contribution >= 4 is 33.2 Å². The smallest absolute Gasteiger partial charge is 0.352 e. The molecule has 0 amide bonds. The Kier molecular flexibility index (Phi) is 5.41. The van der Waals surface area contributed by atoms with Crippen LogP contribution < -0.4 is 22.4 Å². The lowest BCUT2D eigenvalue weighted by atomic mass is 10.2. The van der Waals surface area contributed by atoms with Gasteiger partial charge in [-0.25, -0.2) is 9.59 Å². The zero-order chi connectivity index (χ0) is 16.6. The molecule has 0 aliphatic carbocycles. The maximum Gasteiger partial charge on any atom is 0.352 e. The fourth-order valence-electron chi connectivity index (χ4n) is 2.67. The maximum absolute atomic E-state index is 12.7. The second-order valence-corrected chi connectivity index (χ2v) is 6.05. The van der Waals surface area contributed by atoms with Gasteiger partial charge in [-0.3, -0.25) is 0 Å². The molecule has 0 saturated carbocycles. The van der Waals surface area contributed by atoms with Gasteiger partial charge in [0.15, 0.2) is 4.88 Å². The number of aryl methyl sites for hydroxylation is 1. The summed E-state index contributed by atoms with van der Waals surface area (Å²) in [5, 5.41) is 0.614. The molecule has 0 radical (unpaired) electrons. The third-order valence-electron chi connectivity index (χ3n) is 3.67. The summed E-state index contributed by atoms with van der Waals surface area (Å²) in [6, 6.07) is 7.40. The number of benzene rings is 1. The van der Waals surface area contributed by atoms with Crippen molar-refractivity contribution in [3.8, 4) is 0 Å². The van der Waals surface area contributed by atoms with Crippen LogP contribution in [0.5, 0.6) is 0 Å². The number of esters is 1. The molecule has 2 heterocycles. The van der Waals surface area contributed by atoms with E-state index in [0.717, 1.165) is 11.2 Å². The summed E-state index contributed by atoms with van der Waals surface area (Å²) in [5.74, 6) is -0.361. The molecule has 7 heteroatoms. The van der Waals surface area contributed by atoms with Gasteiger partial charge in [-0.15, -0.1) is 0 Å². The van der Waals surface area contributed by atoms with E-state index in [1.54, 1.807) is 23.6 Å². The van der Waals surface area contributed by atoms with Crippen LogP contribution in [0.2, 0.25) is 0 Å². The average molecular weight is 365 g/mol. The Morgan fingerprint density at radius 1 is 1.42 bits per heavy atom. The van der Waals surface area contributed by atoms with Crippen molar-refractivity contribution in [3.63, 3.8) is 0 Å². The zero-order valence-corrected chi connectivity index (χ0v) is 15.0. The minimum absolute atomic E-state index is 0. The minimum Gasteiger partial charge on any atom is -1.00 e. The molecule has 24 heavy (non-hydrogen) atoms. The second kappa shape index (κ2) is 7.15. The first-order chi connectivity index (χ1) is 11.1. The van der Waals surface area contributed by atoms with E-state index in [2.05, 4.69) is 6.58 Å². The highest BCUT2D eigenvalue weighted by molar-refractivity contribution is 7.18. The van der Waals surface area contributed by atoms with Crippen molar-refractivity contribution in [3.05, 3.63) is 57.8 Å². The molecule has 0 N–H and O–H groups in total. The summed E-state index contributed by atoms with van der Waals surface area (Å²) < 4.78 is 8.71. The highest BCUT2D eigenvalue weighted by atomic mass is 35.5. The molecule has 0 aliphatic heterocycles. The van der Waals surface area contributed by atoms with Crippen molar-refractivity contribution in [1.82, 2.24) is 4.57 Å². The highest BCUT2D eigenvalue weighted by Crippen LogP contribution is 2.21. The zero-order valence-electron chi connectivity index (χ0n) is 13.4. The molecule has 3 aromatic rings. The molecule has 0 unspecified atom stereocenters. The molecule has 126 valence electrons. The summed E-state index contributed by atoms with van der Waals surface area (Å²) in [6.45, 7) is 8.06. The van der Waals surface area contributed by atoms with Crippen molar-refractivity contribution in [1.29, 1.82) is 0 Å². The third kappa shape index (κ3) is 2.72. The van der Waals surface area contributed by atoms with E-state index >= 15 is 0 Å². The Hall–Kier alpha value is -2.18. The molecule has 1 aromatic carbocycles. The number of carbonyl (C=O) groups excluding carboxylic acids is 1. The summed E-state index contributed by atoms with van der Waals surface area (Å²) in [6.07, 6.45) is 1.68. The lowest BCUT2D eigenvalue weighted by Gasteiger charge is -2.01. The quantitative estimate of drug-likeness (QED) is 0.355. The molecule has 0 bridgehead atoms. The van der Waals surface area contributed by atoms with Gasteiger partial charge in [-0.1, -0.05) is 24.8 Å². The summed E-state index contributed by atoms with van der Waals surface area (Å²) >= 11 is 1.27. The number of nitrogens with zero attached hydrogens (tertiary/aromatic N) is 2. The van der Waals surface area contributed by atoms with Crippen LogP contribution in [0.1, 0.15) is 22.3 Å². The molecule has 2 aromatic heterocycles. The molecular weight excluding hydrogens is 348 g/mol. The molecule has 0 spiro atoms. The Morgan fingerprint density at radius 2 is 2.12 bits per heavy atom. The van der Waals surface area contributed by atoms with Gasteiger partial charge in [0.1, 0.15) is 23.1 Å². The van der Waals surface area contributed by atoms with Gasteiger partial charge in [-0.2, -0.15) is 8.97 Å². The van der Waals surface area contributed by atoms with Gasteiger partial charge >= 0.3 is 16.5 Å². The number of fused-ring (bicyclic) bond motifs is 3. The summed E-state index contributed by atoms with van der Waals surface area (Å²) in [4.78, 5) is 26.2. The normalized spacial score (nSPS) is 10.6. The van der Waals surface area contributed by atoms with Crippen LogP contribution in [-0.4, -0.2) is 17.1 Å². The molecular formula is C17H17ClN2O3S. The van der Waals surface area contributed by atoms with Gasteiger partial charge in [-0.05, 0) is 37.3 Å². The van der Waals surface area contributed by atoms with E-state index in [4.69, 9.17) is 4.74 Å². The van der Waals surface area contributed by atoms with E-state index in [1.165, 1.54) is 11.3 Å². The lowest BCUT2D eigenvalue weighted by molar-refractivity contribution is -0.489. The number of allylic oxidation sites excluding steroid dienone is 1. The number of carbonyl (C=O) groups is 1. The number of ether oxygens (including phenoxy) is 1. The number of hydrogen-bond acceptors (Lipinski definition) is 4. The van der Waals surface area contributed by atoms with E-state index in [0.29, 0.717) is 28.4 Å². The number of rotatable bonds is 4. The molecule has 5 nitrogen and oxygen atoms in total. The Labute approximate surface area is 149 Å². The monoisotopic (exact) mass is 364 g/mol. The number of halogens is 1. The first-order valence-electron chi connectivity index (χ1n) is 7.34. The molecule has 0 saturated heterocycles. The van der Waals surface area contributed by atoms with Crippen molar-refractivity contribution in [2.75, 3.05) is 6.61 Å². The van der Waals surface area contributed by atoms with Crippen LogP contribution in [0.4, 0.5) is 0 Å². The number of para-hydroxylation sites is 1. The standard InChI is InChI=1S/C17H17N2O3S.ClH/c1-4-10-18-15(20)12-8-6-7-9-13(12)19-11(3)14(23-17(18)19)16(21)22-5-2;/h4,6-9H,1,5,10H2,2-3H3;1H/q+1;/p-1. The van der Waals surface area contributed by atoms with Crippen LogP contribution in [0.15, 0.2) is 41.7 Å². The second-order valence-electron chi connectivity index (χ2n) is 5.08. The fraction of sp³-hybridized carbons (Fsp3) is 0.235. The number of aromatic nitrogens is 2. The number of thiazole rings is 1. The largest absolute Gasteiger partial charge is 1.00 e. The first kappa shape index (κ1) is 18.2. The van der Waals surface area contributed by atoms with Crippen molar-refractivity contribution in [2.24, 2.45) is 0 Å². The predicted molar refractivity (Wildman–Crippen MR) is 90.1 cm³/mol. The van der Waals surface area contributed by atoms with Crippen LogP contribution in [0.25, 0.3) is 15.9 Å². The van der Waals surface area contributed by atoms with E-state index < -0.39 is 0 Å². The Morgan fingerprint density at radius 3 is 2.79 bits per heavy atom. The van der Waals surface area contributed by atoms with Gasteiger partial charge in [0.25, 0.3) is 0 Å². The van der Waals surface area contributed by atoms with E-state index in [9.17, 15) is 9.59 Å². The fourth-order valence-corrected chi connectivity index (χ4v) is 3.83. The number of hydrogen-bond donors (Lipinski definition) is 0. The summed E-state index contributed by atoms with van der Waals surface area (Å²) in [7, 11) is 0. The highest BCUT2D eigenvalue weighted by Gasteiger charge is 2.27. The molecule has 0 fully saturated rings. The predicted octanol–water partition coefficient (Wildman–Crippen LogP) is -0.523. The molecule has 0 aliphatic rings. The van der Waals surface area contributed by atoms with Crippen LogP contribution in [0.3, 0.4) is 0 Å². The molecule has 3 rings (SSSR count). The van der Waals surface area contributed by atoms with Crippen LogP contribution >= 0.6 is 11.3 Å². The van der Waals surface area contributed by atoms with Crippen LogP contribution in [-0.2, 0) is 11.3 Å². The van der Waals surface area contributed by atoms with E-state index in [-0.39, 0.29) is 23.9 Å². The van der Waals surface area contributed by atoms with Gasteiger partial charge < -0.3 is 17.1 Å². The molecule has 0 atom stereocenters. The van der Waals surface area contributed by atoms with E-state index in [1.807, 2.05) is 29.5 Å². The topological polar surface area (TPSA) is 52.4 Å². The van der Waals surface area contributed by atoms with Gasteiger partial charge in [0.2, 0.25) is 0 Å². The van der Waals surface area contributed by atoms with Gasteiger partial charge in [0.05, 0.1) is 6.61 Å². The minimum atomic E-state index is -0.361. The van der Waals surface area contributed by atoms with Gasteiger partial charge in [0, 0.05) is 0 Å². The maximum atomic E-state index is 12.7. The van der Waals surface area contributed by atoms with Crippen molar-refractivity contribution in [2.45, 2.75) is 20.4 Å². The Bertz CT molecular complexity index is 991. The average Bonchev–Trinajstić information content (AvgIpc) is 2.89. The third-order valence-corrected chi connectivity index (χ3v) is 4.92. The first-order valence-corrected chi connectivity index (χ1v) is 8.16.